The lowest BCUT2D eigenvalue weighted by Gasteiger charge is -2.05. The quantitative estimate of drug-likeness (QED) is 0.916. The highest BCUT2D eigenvalue weighted by Crippen LogP contribution is 2.11. The van der Waals surface area contributed by atoms with E-state index < -0.39 is 0 Å². The first-order valence-corrected chi connectivity index (χ1v) is 6.45. The predicted octanol–water partition coefficient (Wildman–Crippen LogP) is 2.11. The molecule has 1 N–H and O–H groups in total. The minimum atomic E-state index is -0.261. The maximum atomic E-state index is 11.8. The zero-order chi connectivity index (χ0) is 14.4. The van der Waals surface area contributed by atoms with Crippen LogP contribution in [0.1, 0.15) is 16.1 Å². The molecule has 2 rings (SSSR count). The Morgan fingerprint density at radius 1 is 1.25 bits per heavy atom. The Morgan fingerprint density at radius 3 is 2.60 bits per heavy atom. The molecule has 6 heteroatoms. The standard InChI is InChI=1S/C14H14ClN3O2/c1-20-11-4-2-10(3-5-11)6-7-16-14(19)12-8-18-13(15)9-17-12/h2-5,8-9H,6-7H2,1H3,(H,16,19). The third kappa shape index (κ3) is 3.93. The van der Waals surface area contributed by atoms with Crippen LogP contribution < -0.4 is 10.1 Å². The van der Waals surface area contributed by atoms with E-state index >= 15 is 0 Å². The molecule has 0 aliphatic rings. The number of aromatic nitrogens is 2. The molecule has 0 saturated carbocycles. The number of hydrogen-bond acceptors (Lipinski definition) is 4. The highest BCUT2D eigenvalue weighted by atomic mass is 35.5. The molecule has 0 unspecified atom stereocenters. The SMILES string of the molecule is COc1ccc(CCNC(=O)c2cnc(Cl)cn2)cc1. The maximum Gasteiger partial charge on any atom is 0.271 e. The summed E-state index contributed by atoms with van der Waals surface area (Å²) < 4.78 is 5.08. The van der Waals surface area contributed by atoms with Crippen LogP contribution in [0.5, 0.6) is 5.75 Å². The molecule has 0 bridgehead atoms. The van der Waals surface area contributed by atoms with Gasteiger partial charge < -0.3 is 10.1 Å². The van der Waals surface area contributed by atoms with Gasteiger partial charge in [-0.2, -0.15) is 0 Å². The fourth-order valence-corrected chi connectivity index (χ4v) is 1.73. The minimum absolute atomic E-state index is 0.254. The second-order valence-electron chi connectivity index (χ2n) is 4.08. The van der Waals surface area contributed by atoms with Gasteiger partial charge in [-0.1, -0.05) is 23.7 Å². The Kier molecular flexibility index (Phi) is 4.90. The Balaban J connectivity index is 1.82. The number of rotatable bonds is 5. The number of benzene rings is 1. The summed E-state index contributed by atoms with van der Waals surface area (Å²) in [6.07, 6.45) is 3.43. The van der Waals surface area contributed by atoms with E-state index in [0.717, 1.165) is 17.7 Å². The topological polar surface area (TPSA) is 64.1 Å². The van der Waals surface area contributed by atoms with Gasteiger partial charge in [-0.25, -0.2) is 9.97 Å². The van der Waals surface area contributed by atoms with Crippen LogP contribution in [0, 0.1) is 0 Å². The lowest BCUT2D eigenvalue weighted by Crippen LogP contribution is -2.26. The molecule has 104 valence electrons. The van der Waals surface area contributed by atoms with Gasteiger partial charge in [-0.3, -0.25) is 4.79 Å². The minimum Gasteiger partial charge on any atom is -0.497 e. The van der Waals surface area contributed by atoms with Gasteiger partial charge in [0.25, 0.3) is 5.91 Å². The van der Waals surface area contributed by atoms with Gasteiger partial charge in [0.15, 0.2) is 0 Å². The van der Waals surface area contributed by atoms with E-state index in [-0.39, 0.29) is 16.8 Å². The molecule has 20 heavy (non-hydrogen) atoms. The average Bonchev–Trinajstić information content (AvgIpc) is 2.48. The molecule has 1 amide bonds. The van der Waals surface area contributed by atoms with Crippen molar-refractivity contribution < 1.29 is 9.53 Å². The number of amides is 1. The summed E-state index contributed by atoms with van der Waals surface area (Å²) in [6.45, 7) is 0.523. The van der Waals surface area contributed by atoms with Gasteiger partial charge in [-0.15, -0.1) is 0 Å². The Morgan fingerprint density at radius 2 is 2.00 bits per heavy atom. The van der Waals surface area contributed by atoms with E-state index in [1.807, 2.05) is 24.3 Å². The first kappa shape index (κ1) is 14.3. The molecule has 5 nitrogen and oxygen atoms in total. The van der Waals surface area contributed by atoms with Crippen molar-refractivity contribution in [2.45, 2.75) is 6.42 Å². The fraction of sp³-hybridized carbons (Fsp3) is 0.214. The second-order valence-corrected chi connectivity index (χ2v) is 4.47. The smallest absolute Gasteiger partial charge is 0.271 e. The number of ether oxygens (including phenoxy) is 1. The average molecular weight is 292 g/mol. The van der Waals surface area contributed by atoms with Crippen molar-refractivity contribution in [1.82, 2.24) is 15.3 Å². The third-order valence-corrected chi connectivity index (χ3v) is 2.91. The summed E-state index contributed by atoms with van der Waals surface area (Å²) in [5.74, 6) is 0.553. The molecule has 0 radical (unpaired) electrons. The van der Waals surface area contributed by atoms with E-state index in [1.165, 1.54) is 12.4 Å². The van der Waals surface area contributed by atoms with Gasteiger partial charge in [0, 0.05) is 6.54 Å². The highest BCUT2D eigenvalue weighted by molar-refractivity contribution is 6.29. The molecular weight excluding hydrogens is 278 g/mol. The van der Waals surface area contributed by atoms with Crippen molar-refractivity contribution in [2.24, 2.45) is 0 Å². The Hall–Kier alpha value is -2.14. The third-order valence-electron chi connectivity index (χ3n) is 2.71. The van der Waals surface area contributed by atoms with Crippen LogP contribution in [-0.4, -0.2) is 29.5 Å². The summed E-state index contributed by atoms with van der Waals surface area (Å²) in [7, 11) is 1.63. The number of nitrogens with zero attached hydrogens (tertiary/aromatic N) is 2. The van der Waals surface area contributed by atoms with Crippen molar-refractivity contribution in [3.63, 3.8) is 0 Å². The number of nitrogens with one attached hydrogen (secondary N) is 1. The monoisotopic (exact) mass is 291 g/mol. The van der Waals surface area contributed by atoms with Crippen molar-refractivity contribution in [1.29, 1.82) is 0 Å². The number of carbonyl (C=O) groups excluding carboxylic acids is 1. The van der Waals surface area contributed by atoms with E-state index in [4.69, 9.17) is 16.3 Å². The molecule has 0 atom stereocenters. The van der Waals surface area contributed by atoms with Crippen LogP contribution in [0.2, 0.25) is 5.15 Å². The van der Waals surface area contributed by atoms with Crippen LogP contribution in [0.25, 0.3) is 0 Å². The number of halogens is 1. The van der Waals surface area contributed by atoms with Gasteiger partial charge in [0.05, 0.1) is 19.5 Å². The molecule has 0 spiro atoms. The molecule has 0 aliphatic carbocycles. The molecule has 1 heterocycles. The van der Waals surface area contributed by atoms with Gasteiger partial charge in [0.2, 0.25) is 0 Å². The van der Waals surface area contributed by atoms with Crippen LogP contribution in [0.3, 0.4) is 0 Å². The van der Waals surface area contributed by atoms with Gasteiger partial charge in [0.1, 0.15) is 16.6 Å². The number of carbonyl (C=O) groups is 1. The van der Waals surface area contributed by atoms with Crippen molar-refractivity contribution >= 4 is 17.5 Å². The van der Waals surface area contributed by atoms with Crippen LogP contribution >= 0.6 is 11.6 Å². The zero-order valence-corrected chi connectivity index (χ0v) is 11.7. The largest absolute Gasteiger partial charge is 0.497 e. The Labute approximate surface area is 122 Å². The molecule has 2 aromatic rings. The molecule has 1 aromatic carbocycles. The summed E-state index contributed by atoms with van der Waals surface area (Å²) in [4.78, 5) is 19.5. The molecule has 0 fully saturated rings. The summed E-state index contributed by atoms with van der Waals surface area (Å²) >= 11 is 5.61. The molecule has 1 aromatic heterocycles. The van der Waals surface area contributed by atoms with E-state index in [0.29, 0.717) is 6.54 Å². The normalized spacial score (nSPS) is 10.1. The maximum absolute atomic E-state index is 11.8. The summed E-state index contributed by atoms with van der Waals surface area (Å²) in [5.41, 5.74) is 1.37. The first-order chi connectivity index (χ1) is 9.69. The van der Waals surface area contributed by atoms with Gasteiger partial charge >= 0.3 is 0 Å². The molecular formula is C14H14ClN3O2. The number of methoxy groups -OCH3 is 1. The lowest BCUT2D eigenvalue weighted by molar-refractivity contribution is 0.0949. The van der Waals surface area contributed by atoms with Crippen LogP contribution in [-0.2, 0) is 6.42 Å². The molecule has 0 aliphatic heterocycles. The second kappa shape index (κ2) is 6.86. The van der Waals surface area contributed by atoms with Gasteiger partial charge in [-0.05, 0) is 24.1 Å². The van der Waals surface area contributed by atoms with Crippen LogP contribution in [0.15, 0.2) is 36.7 Å². The van der Waals surface area contributed by atoms with E-state index in [2.05, 4.69) is 15.3 Å². The van der Waals surface area contributed by atoms with Crippen molar-refractivity contribution in [3.8, 4) is 5.75 Å². The lowest BCUT2D eigenvalue weighted by atomic mass is 10.1. The first-order valence-electron chi connectivity index (χ1n) is 6.07. The van der Waals surface area contributed by atoms with E-state index in [1.54, 1.807) is 7.11 Å². The molecule has 0 saturated heterocycles. The van der Waals surface area contributed by atoms with Crippen molar-refractivity contribution in [3.05, 3.63) is 53.1 Å². The number of hydrogen-bond donors (Lipinski definition) is 1. The summed E-state index contributed by atoms with van der Waals surface area (Å²) in [6, 6.07) is 7.71. The summed E-state index contributed by atoms with van der Waals surface area (Å²) in [5, 5.41) is 3.04. The van der Waals surface area contributed by atoms with Crippen LogP contribution in [0.4, 0.5) is 0 Å². The zero-order valence-electron chi connectivity index (χ0n) is 11.0. The van der Waals surface area contributed by atoms with E-state index in [9.17, 15) is 4.79 Å². The Bertz CT molecular complexity index is 570. The fourth-order valence-electron chi connectivity index (χ4n) is 1.63. The highest BCUT2D eigenvalue weighted by Gasteiger charge is 2.06. The predicted molar refractivity (Wildman–Crippen MR) is 76.1 cm³/mol. The van der Waals surface area contributed by atoms with Crippen molar-refractivity contribution in [2.75, 3.05) is 13.7 Å².